The molecule has 0 spiro atoms. The number of nitriles is 1. The Bertz CT molecular complexity index is 643. The average Bonchev–Trinajstić information content (AvgIpc) is 3.37. The first kappa shape index (κ1) is 18.4. The summed E-state index contributed by atoms with van der Waals surface area (Å²) in [7, 11) is -2.42. The summed E-state index contributed by atoms with van der Waals surface area (Å²) < 4.78 is 30.2. The van der Waals surface area contributed by atoms with Crippen LogP contribution in [-0.2, 0) is 0 Å². The predicted molar refractivity (Wildman–Crippen MR) is 90.6 cm³/mol. The third kappa shape index (κ3) is 2.93. The summed E-state index contributed by atoms with van der Waals surface area (Å²) in [6.07, 6.45) is 0.526. The van der Waals surface area contributed by atoms with E-state index in [1.54, 1.807) is 6.07 Å². The second-order valence-electron chi connectivity index (χ2n) is 6.34. The lowest BCUT2D eigenvalue weighted by Gasteiger charge is -2.31. The SMILES string of the molecule is CC[Si](CC)(CC)c1c(F)c(C#N)c(Cl)c(C(O)C2CC2)c1F. The maximum absolute atomic E-state index is 15.2. The standard InChI is InChI=1S/C17H22ClF2NOSi/c1-4-23(5-2,6-3)17-14(19)11(9-21)13(18)12(15(17)20)16(22)10-7-8-10/h10,16,22H,4-8H2,1-3H3. The maximum atomic E-state index is 15.2. The minimum absolute atomic E-state index is 0.0423. The van der Waals surface area contributed by atoms with Gasteiger partial charge in [0, 0.05) is 10.8 Å². The summed E-state index contributed by atoms with van der Waals surface area (Å²) in [5.41, 5.74) is -0.403. The van der Waals surface area contributed by atoms with Crippen LogP contribution >= 0.6 is 11.6 Å². The van der Waals surface area contributed by atoms with Crippen molar-refractivity contribution in [3.05, 3.63) is 27.8 Å². The molecule has 2 nitrogen and oxygen atoms in total. The number of rotatable bonds is 6. The number of halogens is 3. The summed E-state index contributed by atoms with van der Waals surface area (Å²) in [6, 6.07) is 3.81. The summed E-state index contributed by atoms with van der Waals surface area (Å²) >= 11 is 6.09. The topological polar surface area (TPSA) is 44.0 Å². The van der Waals surface area contributed by atoms with Crippen LogP contribution in [0.4, 0.5) is 8.78 Å². The minimum atomic E-state index is -2.42. The van der Waals surface area contributed by atoms with Gasteiger partial charge in [-0.15, -0.1) is 0 Å². The van der Waals surface area contributed by atoms with Gasteiger partial charge in [-0.1, -0.05) is 50.5 Å². The Hall–Kier alpha value is -0.963. The predicted octanol–water partition coefficient (Wildman–Crippen LogP) is 4.65. The first-order valence-electron chi connectivity index (χ1n) is 8.17. The molecule has 1 saturated carbocycles. The van der Waals surface area contributed by atoms with E-state index in [2.05, 4.69) is 0 Å². The Balaban J connectivity index is 2.81. The van der Waals surface area contributed by atoms with Gasteiger partial charge in [0.25, 0.3) is 0 Å². The van der Waals surface area contributed by atoms with E-state index in [0.29, 0.717) is 18.1 Å². The van der Waals surface area contributed by atoms with E-state index in [4.69, 9.17) is 11.6 Å². The van der Waals surface area contributed by atoms with Crippen LogP contribution in [0.25, 0.3) is 0 Å². The fourth-order valence-electron chi connectivity index (χ4n) is 3.43. The van der Waals surface area contributed by atoms with Crippen LogP contribution in [0.5, 0.6) is 0 Å². The molecule has 0 radical (unpaired) electrons. The lowest BCUT2D eigenvalue weighted by atomic mass is 10.0. The summed E-state index contributed by atoms with van der Waals surface area (Å²) in [6.45, 7) is 5.82. The van der Waals surface area contributed by atoms with Crippen molar-refractivity contribution in [2.75, 3.05) is 0 Å². The van der Waals surface area contributed by atoms with Crippen molar-refractivity contribution in [2.24, 2.45) is 5.92 Å². The molecule has 1 atom stereocenters. The molecular formula is C17H22ClF2NOSi. The van der Waals surface area contributed by atoms with E-state index in [0.717, 1.165) is 12.8 Å². The van der Waals surface area contributed by atoms with Gasteiger partial charge in [0.15, 0.2) is 0 Å². The quantitative estimate of drug-likeness (QED) is 0.753. The number of hydrogen-bond acceptors (Lipinski definition) is 2. The van der Waals surface area contributed by atoms with Crippen LogP contribution in [-0.4, -0.2) is 13.2 Å². The van der Waals surface area contributed by atoms with Gasteiger partial charge >= 0.3 is 0 Å². The lowest BCUT2D eigenvalue weighted by molar-refractivity contribution is 0.149. The molecule has 23 heavy (non-hydrogen) atoms. The van der Waals surface area contributed by atoms with E-state index in [-0.39, 0.29) is 27.3 Å². The van der Waals surface area contributed by atoms with E-state index >= 15 is 4.39 Å². The number of aliphatic hydroxyl groups excluding tert-OH is 1. The van der Waals surface area contributed by atoms with Gasteiger partial charge in [0.05, 0.1) is 19.2 Å². The Kier molecular flexibility index (Phi) is 5.50. The molecule has 0 aliphatic heterocycles. The summed E-state index contributed by atoms with van der Waals surface area (Å²) in [4.78, 5) is 0. The molecular weight excluding hydrogens is 336 g/mol. The Labute approximate surface area is 142 Å². The van der Waals surface area contributed by atoms with Gasteiger partial charge in [0.1, 0.15) is 23.3 Å². The van der Waals surface area contributed by atoms with Crippen molar-refractivity contribution in [3.63, 3.8) is 0 Å². The molecule has 1 N–H and O–H groups in total. The van der Waals surface area contributed by atoms with Gasteiger partial charge in [-0.3, -0.25) is 0 Å². The number of aliphatic hydroxyl groups is 1. The van der Waals surface area contributed by atoms with Gasteiger partial charge in [-0.05, 0) is 18.8 Å². The van der Waals surface area contributed by atoms with Crippen LogP contribution in [0.2, 0.25) is 23.2 Å². The molecule has 1 aromatic carbocycles. The number of benzene rings is 1. The molecule has 6 heteroatoms. The molecule has 0 heterocycles. The van der Waals surface area contributed by atoms with E-state index in [1.807, 2.05) is 20.8 Å². The highest BCUT2D eigenvalue weighted by Crippen LogP contribution is 2.45. The van der Waals surface area contributed by atoms with E-state index in [9.17, 15) is 14.8 Å². The zero-order valence-corrected chi connectivity index (χ0v) is 15.5. The highest BCUT2D eigenvalue weighted by atomic mass is 35.5. The van der Waals surface area contributed by atoms with Crippen LogP contribution in [0.15, 0.2) is 0 Å². The number of hydrogen-bond donors (Lipinski definition) is 1. The summed E-state index contributed by atoms with van der Waals surface area (Å²) in [5.74, 6) is -1.59. The highest BCUT2D eigenvalue weighted by molar-refractivity contribution is 6.91. The Morgan fingerprint density at radius 2 is 1.74 bits per heavy atom. The van der Waals surface area contributed by atoms with Crippen molar-refractivity contribution in [2.45, 2.75) is 57.8 Å². The molecule has 2 rings (SSSR count). The van der Waals surface area contributed by atoms with Crippen molar-refractivity contribution in [3.8, 4) is 6.07 Å². The zero-order valence-electron chi connectivity index (χ0n) is 13.7. The third-order valence-electron chi connectivity index (χ3n) is 5.39. The molecule has 1 aromatic rings. The molecule has 126 valence electrons. The van der Waals surface area contributed by atoms with Crippen molar-refractivity contribution >= 4 is 24.9 Å². The molecule has 0 bridgehead atoms. The first-order valence-corrected chi connectivity index (χ1v) is 11.2. The molecule has 0 aromatic heterocycles. The smallest absolute Gasteiger partial charge is 0.144 e. The minimum Gasteiger partial charge on any atom is -0.388 e. The van der Waals surface area contributed by atoms with Crippen molar-refractivity contribution in [1.82, 2.24) is 0 Å². The Morgan fingerprint density at radius 3 is 2.13 bits per heavy atom. The summed E-state index contributed by atoms with van der Waals surface area (Å²) in [5, 5.41) is 19.5. The Morgan fingerprint density at radius 1 is 1.22 bits per heavy atom. The largest absolute Gasteiger partial charge is 0.388 e. The zero-order chi connectivity index (χ0) is 17.4. The molecule has 0 saturated heterocycles. The van der Waals surface area contributed by atoms with Gasteiger partial charge in [-0.25, -0.2) is 8.78 Å². The highest BCUT2D eigenvalue weighted by Gasteiger charge is 2.42. The second-order valence-corrected chi connectivity index (χ2v) is 11.9. The van der Waals surface area contributed by atoms with E-state index < -0.39 is 25.8 Å². The van der Waals surface area contributed by atoms with Crippen LogP contribution in [0.1, 0.15) is 50.8 Å². The molecule has 1 unspecified atom stereocenters. The normalized spacial score (nSPS) is 16.3. The van der Waals surface area contributed by atoms with Gasteiger partial charge < -0.3 is 5.11 Å². The molecule has 1 aliphatic rings. The fourth-order valence-corrected chi connectivity index (χ4v) is 7.51. The van der Waals surface area contributed by atoms with Crippen LogP contribution in [0, 0.1) is 28.9 Å². The maximum Gasteiger partial charge on any atom is 0.144 e. The lowest BCUT2D eigenvalue weighted by Crippen LogP contribution is -2.50. The molecule has 0 amide bonds. The van der Waals surface area contributed by atoms with E-state index in [1.165, 1.54) is 0 Å². The van der Waals surface area contributed by atoms with Crippen LogP contribution < -0.4 is 5.19 Å². The third-order valence-corrected chi connectivity index (χ3v) is 11.3. The fraction of sp³-hybridized carbons (Fsp3) is 0.588. The molecule has 1 fully saturated rings. The van der Waals surface area contributed by atoms with Crippen molar-refractivity contribution < 1.29 is 13.9 Å². The van der Waals surface area contributed by atoms with Crippen LogP contribution in [0.3, 0.4) is 0 Å². The molecule has 1 aliphatic carbocycles. The van der Waals surface area contributed by atoms with Gasteiger partial charge in [0.2, 0.25) is 0 Å². The number of nitrogens with zero attached hydrogens (tertiary/aromatic N) is 1. The monoisotopic (exact) mass is 357 g/mol. The average molecular weight is 358 g/mol. The second kappa shape index (κ2) is 6.88. The van der Waals surface area contributed by atoms with Gasteiger partial charge in [-0.2, -0.15) is 5.26 Å². The van der Waals surface area contributed by atoms with Crippen molar-refractivity contribution in [1.29, 1.82) is 5.26 Å². The first-order chi connectivity index (χ1) is 10.9.